The highest BCUT2D eigenvalue weighted by atomic mass is 16.4. The second kappa shape index (κ2) is 5.11. The van der Waals surface area contributed by atoms with E-state index in [0.29, 0.717) is 0 Å². The minimum atomic E-state index is -0.946. The topological polar surface area (TPSA) is 92.4 Å². The Morgan fingerprint density at radius 3 is 2.20 bits per heavy atom. The predicted octanol–water partition coefficient (Wildman–Crippen LogP) is 0.339. The predicted molar refractivity (Wildman–Crippen MR) is 57.3 cm³/mol. The zero-order chi connectivity index (χ0) is 12.2. The number of aliphatic carboxylic acids is 1. The van der Waals surface area contributed by atoms with E-state index in [1.807, 2.05) is 13.8 Å². The van der Waals surface area contributed by atoms with E-state index in [2.05, 4.69) is 5.32 Å². The quantitative estimate of drug-likeness (QED) is 0.618. The van der Waals surface area contributed by atoms with Crippen molar-refractivity contribution in [1.82, 2.24) is 5.32 Å². The second-order valence-electron chi connectivity index (χ2n) is 4.71. The molecule has 0 saturated heterocycles. The first-order chi connectivity index (χ1) is 6.65. The molecule has 5 nitrogen and oxygen atoms in total. The van der Waals surface area contributed by atoms with Gasteiger partial charge in [0.05, 0.1) is 12.5 Å². The molecule has 0 aliphatic rings. The Morgan fingerprint density at radius 1 is 1.40 bits per heavy atom. The molecule has 1 amide bonds. The lowest BCUT2D eigenvalue weighted by Crippen LogP contribution is -2.52. The van der Waals surface area contributed by atoms with E-state index in [9.17, 15) is 9.59 Å². The molecule has 0 saturated carbocycles. The number of nitrogens with one attached hydrogen (secondary N) is 1. The van der Waals surface area contributed by atoms with E-state index in [4.69, 9.17) is 10.8 Å². The molecule has 0 aliphatic heterocycles. The minimum Gasteiger partial charge on any atom is -0.481 e. The summed E-state index contributed by atoms with van der Waals surface area (Å²) in [4.78, 5) is 22.1. The van der Waals surface area contributed by atoms with Gasteiger partial charge in [-0.25, -0.2) is 0 Å². The van der Waals surface area contributed by atoms with E-state index in [1.165, 1.54) is 0 Å². The number of carbonyl (C=O) groups excluding carboxylic acids is 1. The van der Waals surface area contributed by atoms with E-state index >= 15 is 0 Å². The lowest BCUT2D eigenvalue weighted by molar-refractivity contribution is -0.138. The fourth-order valence-electron chi connectivity index (χ4n) is 1.14. The Hall–Kier alpha value is -1.10. The third kappa shape index (κ3) is 5.37. The van der Waals surface area contributed by atoms with Crippen molar-refractivity contribution in [2.75, 3.05) is 0 Å². The molecule has 4 N–H and O–H groups in total. The highest BCUT2D eigenvalue weighted by Crippen LogP contribution is 2.09. The van der Waals surface area contributed by atoms with Crippen LogP contribution in [-0.4, -0.2) is 28.6 Å². The van der Waals surface area contributed by atoms with Crippen LogP contribution < -0.4 is 11.1 Å². The van der Waals surface area contributed by atoms with Gasteiger partial charge in [-0.3, -0.25) is 9.59 Å². The second-order valence-corrected chi connectivity index (χ2v) is 4.71. The number of carbonyl (C=O) groups is 2. The fraction of sp³-hybridized carbons (Fsp3) is 0.800. The van der Waals surface area contributed by atoms with Crippen LogP contribution >= 0.6 is 0 Å². The maximum absolute atomic E-state index is 11.6. The minimum absolute atomic E-state index is 0.0330. The van der Waals surface area contributed by atoms with Crippen LogP contribution in [0.4, 0.5) is 0 Å². The molecule has 0 fully saturated rings. The zero-order valence-corrected chi connectivity index (χ0v) is 9.70. The summed E-state index contributed by atoms with van der Waals surface area (Å²) in [6.45, 7) is 7.00. The van der Waals surface area contributed by atoms with Gasteiger partial charge in [-0.05, 0) is 19.8 Å². The van der Waals surface area contributed by atoms with Crippen molar-refractivity contribution in [3.63, 3.8) is 0 Å². The first kappa shape index (κ1) is 13.9. The summed E-state index contributed by atoms with van der Waals surface area (Å²) in [6.07, 6.45) is -0.121. The zero-order valence-electron chi connectivity index (χ0n) is 9.70. The molecular formula is C10H20N2O3. The smallest absolute Gasteiger partial charge is 0.305 e. The van der Waals surface area contributed by atoms with Gasteiger partial charge >= 0.3 is 5.97 Å². The van der Waals surface area contributed by atoms with Gasteiger partial charge in [-0.15, -0.1) is 0 Å². The molecule has 88 valence electrons. The number of carboxylic acids is 1. The third-order valence-corrected chi connectivity index (χ3v) is 2.08. The Morgan fingerprint density at radius 2 is 1.87 bits per heavy atom. The average Bonchev–Trinajstić information content (AvgIpc) is 1.98. The maximum atomic E-state index is 11.6. The van der Waals surface area contributed by atoms with Crippen LogP contribution in [0.1, 0.15) is 34.1 Å². The SMILES string of the molecule is CC(C)C(N)C(=O)NC(C)(C)CC(=O)O. The molecular weight excluding hydrogens is 196 g/mol. The largest absolute Gasteiger partial charge is 0.481 e. The van der Waals surface area contributed by atoms with Crippen LogP contribution in [0.5, 0.6) is 0 Å². The Labute approximate surface area is 90.0 Å². The summed E-state index contributed by atoms with van der Waals surface area (Å²) in [7, 11) is 0. The molecule has 0 aromatic carbocycles. The molecule has 15 heavy (non-hydrogen) atoms. The van der Waals surface area contributed by atoms with E-state index in [1.54, 1.807) is 13.8 Å². The van der Waals surface area contributed by atoms with Gasteiger partial charge in [0.25, 0.3) is 0 Å². The van der Waals surface area contributed by atoms with Crippen molar-refractivity contribution in [3.05, 3.63) is 0 Å². The van der Waals surface area contributed by atoms with E-state index in [-0.39, 0.29) is 18.2 Å². The van der Waals surface area contributed by atoms with E-state index < -0.39 is 17.6 Å². The molecule has 5 heteroatoms. The Bertz CT molecular complexity index is 249. The number of hydrogen-bond acceptors (Lipinski definition) is 3. The van der Waals surface area contributed by atoms with Crippen LogP contribution in [0.2, 0.25) is 0 Å². The Balaban J connectivity index is 4.33. The van der Waals surface area contributed by atoms with Crippen LogP contribution in [0, 0.1) is 5.92 Å². The van der Waals surface area contributed by atoms with Crippen LogP contribution in [0.15, 0.2) is 0 Å². The molecule has 0 radical (unpaired) electrons. The number of rotatable bonds is 5. The summed E-state index contributed by atoms with van der Waals surface area (Å²) in [5.41, 5.74) is 4.87. The highest BCUT2D eigenvalue weighted by Gasteiger charge is 2.27. The lowest BCUT2D eigenvalue weighted by atomic mass is 9.98. The standard InChI is InChI=1S/C10H20N2O3/c1-6(2)8(11)9(15)12-10(3,4)5-7(13)14/h6,8H,5,11H2,1-4H3,(H,12,15)(H,13,14). The Kier molecular flexibility index (Phi) is 4.74. The van der Waals surface area contributed by atoms with Crippen molar-refractivity contribution in [3.8, 4) is 0 Å². The van der Waals surface area contributed by atoms with Crippen LogP contribution in [-0.2, 0) is 9.59 Å². The van der Waals surface area contributed by atoms with Gasteiger partial charge in [0.2, 0.25) is 5.91 Å². The molecule has 0 aromatic rings. The summed E-state index contributed by atoms with van der Waals surface area (Å²) in [5, 5.41) is 11.3. The fourth-order valence-corrected chi connectivity index (χ4v) is 1.14. The van der Waals surface area contributed by atoms with Gasteiger partial charge in [0.15, 0.2) is 0 Å². The summed E-state index contributed by atoms with van der Waals surface area (Å²) in [5.74, 6) is -1.22. The number of carboxylic acid groups (broad SMARTS) is 1. The van der Waals surface area contributed by atoms with Crippen LogP contribution in [0.25, 0.3) is 0 Å². The third-order valence-electron chi connectivity index (χ3n) is 2.08. The number of amides is 1. The molecule has 0 spiro atoms. The van der Waals surface area contributed by atoms with Gasteiger partial charge in [0.1, 0.15) is 0 Å². The summed E-state index contributed by atoms with van der Waals surface area (Å²) < 4.78 is 0. The number of hydrogen-bond donors (Lipinski definition) is 3. The van der Waals surface area contributed by atoms with Crippen molar-refractivity contribution in [1.29, 1.82) is 0 Å². The normalized spacial score (nSPS) is 13.7. The summed E-state index contributed by atoms with van der Waals surface area (Å²) >= 11 is 0. The average molecular weight is 216 g/mol. The first-order valence-corrected chi connectivity index (χ1v) is 4.95. The van der Waals surface area contributed by atoms with Gasteiger partial charge < -0.3 is 16.2 Å². The monoisotopic (exact) mass is 216 g/mol. The van der Waals surface area contributed by atoms with E-state index in [0.717, 1.165) is 0 Å². The van der Waals surface area contributed by atoms with Crippen LogP contribution in [0.3, 0.4) is 0 Å². The van der Waals surface area contributed by atoms with Gasteiger partial charge in [-0.1, -0.05) is 13.8 Å². The molecule has 0 aromatic heterocycles. The molecule has 0 rings (SSSR count). The number of nitrogens with two attached hydrogens (primary N) is 1. The van der Waals surface area contributed by atoms with Gasteiger partial charge in [0, 0.05) is 5.54 Å². The lowest BCUT2D eigenvalue weighted by Gasteiger charge is -2.27. The van der Waals surface area contributed by atoms with Gasteiger partial charge in [-0.2, -0.15) is 0 Å². The maximum Gasteiger partial charge on any atom is 0.305 e. The van der Waals surface area contributed by atoms with Crippen molar-refractivity contribution in [2.24, 2.45) is 11.7 Å². The molecule has 1 atom stereocenters. The summed E-state index contributed by atoms with van der Waals surface area (Å²) in [6, 6.07) is -0.599. The first-order valence-electron chi connectivity index (χ1n) is 4.95. The molecule has 0 bridgehead atoms. The molecule has 0 heterocycles. The van der Waals surface area contributed by atoms with Crippen molar-refractivity contribution in [2.45, 2.75) is 45.7 Å². The van der Waals surface area contributed by atoms with Crippen molar-refractivity contribution < 1.29 is 14.7 Å². The molecule has 1 unspecified atom stereocenters. The highest BCUT2D eigenvalue weighted by molar-refractivity contribution is 5.83. The van der Waals surface area contributed by atoms with Crippen molar-refractivity contribution >= 4 is 11.9 Å². The molecule has 0 aliphatic carbocycles.